The topological polar surface area (TPSA) is 69.6 Å². The Morgan fingerprint density at radius 3 is 2.82 bits per heavy atom. The van der Waals surface area contributed by atoms with Crippen LogP contribution in [0.15, 0.2) is 0 Å². The fourth-order valence-electron chi connectivity index (χ4n) is 1.92. The van der Waals surface area contributed by atoms with Crippen molar-refractivity contribution in [2.45, 2.75) is 44.7 Å². The zero-order valence-corrected chi connectivity index (χ0v) is 9.98. The number of hydrogen-bond donors (Lipinski definition) is 2. The van der Waals surface area contributed by atoms with Crippen LogP contribution in [0.2, 0.25) is 0 Å². The molecule has 1 aliphatic rings. The fraction of sp³-hybridized carbons (Fsp3) is 0.667. The number of nitrogens with one attached hydrogen (secondary N) is 1. The summed E-state index contributed by atoms with van der Waals surface area (Å²) in [4.78, 5) is 24.3. The summed E-state index contributed by atoms with van der Waals surface area (Å²) in [5.41, 5.74) is 0. The van der Waals surface area contributed by atoms with E-state index in [1.807, 2.05) is 6.92 Å². The lowest BCUT2D eigenvalue weighted by atomic mass is 10.0. The number of carbonyl (C=O) groups excluding carboxylic acids is 1. The maximum Gasteiger partial charge on any atom is 0.326 e. The van der Waals surface area contributed by atoms with Gasteiger partial charge in [-0.2, -0.15) is 0 Å². The number of urea groups is 1. The molecule has 5 nitrogen and oxygen atoms in total. The molecule has 0 aliphatic carbocycles. The molecule has 0 radical (unpaired) electrons. The molecule has 1 saturated heterocycles. The molecule has 1 aliphatic heterocycles. The van der Waals surface area contributed by atoms with Crippen molar-refractivity contribution >= 4 is 12.0 Å². The Bertz CT molecular complexity index is 335. The first kappa shape index (κ1) is 13.4. The van der Waals surface area contributed by atoms with Gasteiger partial charge in [0.2, 0.25) is 0 Å². The van der Waals surface area contributed by atoms with Crippen molar-refractivity contribution in [2.75, 3.05) is 6.54 Å². The number of likely N-dealkylation sites (tertiary alicyclic amines) is 1. The van der Waals surface area contributed by atoms with Gasteiger partial charge in [-0.1, -0.05) is 12.8 Å². The third kappa shape index (κ3) is 3.38. The monoisotopic (exact) mass is 238 g/mol. The van der Waals surface area contributed by atoms with E-state index in [-0.39, 0.29) is 12.1 Å². The number of hydrogen-bond acceptors (Lipinski definition) is 2. The number of carbonyl (C=O) groups is 2. The molecule has 2 atom stereocenters. The highest BCUT2D eigenvalue weighted by atomic mass is 16.4. The molecule has 5 heteroatoms. The van der Waals surface area contributed by atoms with Crippen LogP contribution in [-0.4, -0.2) is 40.6 Å². The van der Waals surface area contributed by atoms with Gasteiger partial charge in [0, 0.05) is 6.54 Å². The van der Waals surface area contributed by atoms with Gasteiger partial charge in [-0.3, -0.25) is 0 Å². The van der Waals surface area contributed by atoms with Gasteiger partial charge in [-0.15, -0.1) is 6.42 Å². The first-order valence-corrected chi connectivity index (χ1v) is 5.86. The van der Waals surface area contributed by atoms with Crippen molar-refractivity contribution in [2.24, 2.45) is 0 Å². The molecule has 17 heavy (non-hydrogen) atoms. The van der Waals surface area contributed by atoms with Gasteiger partial charge in [-0.05, 0) is 25.7 Å². The average Bonchev–Trinajstić information content (AvgIpc) is 2.35. The van der Waals surface area contributed by atoms with E-state index < -0.39 is 12.0 Å². The molecule has 94 valence electrons. The summed E-state index contributed by atoms with van der Waals surface area (Å²) in [7, 11) is 0. The van der Waals surface area contributed by atoms with Crippen molar-refractivity contribution < 1.29 is 14.7 Å². The maximum absolute atomic E-state index is 11.9. The molecule has 1 heterocycles. The second kappa shape index (κ2) is 6.14. The lowest BCUT2D eigenvalue weighted by Crippen LogP contribution is -2.53. The molecule has 2 N–H and O–H groups in total. The summed E-state index contributed by atoms with van der Waals surface area (Å²) < 4.78 is 0. The summed E-state index contributed by atoms with van der Waals surface area (Å²) in [5.74, 6) is 1.51. The molecular weight excluding hydrogens is 220 g/mol. The van der Waals surface area contributed by atoms with Gasteiger partial charge in [-0.25, -0.2) is 9.59 Å². The van der Waals surface area contributed by atoms with Crippen molar-refractivity contribution in [3.8, 4) is 12.3 Å². The highest BCUT2D eigenvalue weighted by Gasteiger charge is 2.32. The van der Waals surface area contributed by atoms with Crippen molar-refractivity contribution in [3.63, 3.8) is 0 Å². The quantitative estimate of drug-likeness (QED) is 0.722. The normalized spacial score (nSPS) is 21.4. The van der Waals surface area contributed by atoms with E-state index in [1.165, 1.54) is 4.90 Å². The molecule has 1 fully saturated rings. The Labute approximate surface area is 101 Å². The smallest absolute Gasteiger partial charge is 0.326 e. The molecule has 2 amide bonds. The highest BCUT2D eigenvalue weighted by molar-refractivity contribution is 5.83. The first-order chi connectivity index (χ1) is 8.10. The van der Waals surface area contributed by atoms with Crippen LogP contribution in [0.4, 0.5) is 4.79 Å². The molecule has 0 bridgehead atoms. The number of amides is 2. The third-order valence-electron chi connectivity index (χ3n) is 2.96. The summed E-state index contributed by atoms with van der Waals surface area (Å²) in [6.07, 6.45) is 8.08. The van der Waals surface area contributed by atoms with E-state index in [2.05, 4.69) is 11.2 Å². The Kier molecular flexibility index (Phi) is 4.83. The highest BCUT2D eigenvalue weighted by Crippen LogP contribution is 2.17. The first-order valence-electron chi connectivity index (χ1n) is 5.86. The standard InChI is InChI=1S/C12H18N2O3/c1-3-9(4-2)13-12(17)14-8-6-5-7-10(14)11(15)16/h1,9-10H,4-8H2,2H3,(H,13,17)(H,15,16). The molecular formula is C12H18N2O3. The largest absolute Gasteiger partial charge is 0.480 e. The Morgan fingerprint density at radius 1 is 1.59 bits per heavy atom. The fourth-order valence-corrected chi connectivity index (χ4v) is 1.92. The summed E-state index contributed by atoms with van der Waals surface area (Å²) in [6.45, 7) is 2.35. The van der Waals surface area contributed by atoms with Gasteiger partial charge in [0.1, 0.15) is 6.04 Å². The second-order valence-corrected chi connectivity index (χ2v) is 4.12. The van der Waals surface area contributed by atoms with E-state index in [0.29, 0.717) is 19.4 Å². The molecule has 0 spiro atoms. The number of aliphatic carboxylic acids is 1. The van der Waals surface area contributed by atoms with Crippen molar-refractivity contribution in [1.29, 1.82) is 0 Å². The molecule has 1 rings (SSSR count). The SMILES string of the molecule is C#CC(CC)NC(=O)N1CCCCC1C(=O)O. The van der Waals surface area contributed by atoms with Crippen LogP contribution in [0.3, 0.4) is 0 Å². The number of piperidine rings is 1. The molecule has 0 aromatic carbocycles. The van der Waals surface area contributed by atoms with E-state index in [0.717, 1.165) is 12.8 Å². The van der Waals surface area contributed by atoms with Crippen LogP contribution >= 0.6 is 0 Å². The molecule has 0 saturated carbocycles. The summed E-state index contributed by atoms with van der Waals surface area (Å²) in [6, 6.07) is -1.43. The zero-order valence-electron chi connectivity index (χ0n) is 9.98. The number of carboxylic acid groups (broad SMARTS) is 1. The number of rotatable bonds is 3. The van der Waals surface area contributed by atoms with Crippen molar-refractivity contribution in [3.05, 3.63) is 0 Å². The minimum Gasteiger partial charge on any atom is -0.480 e. The minimum atomic E-state index is -0.950. The van der Waals surface area contributed by atoms with E-state index >= 15 is 0 Å². The summed E-state index contributed by atoms with van der Waals surface area (Å²) >= 11 is 0. The van der Waals surface area contributed by atoms with E-state index in [9.17, 15) is 9.59 Å². The lowest BCUT2D eigenvalue weighted by Gasteiger charge is -2.33. The van der Waals surface area contributed by atoms with Gasteiger partial charge >= 0.3 is 12.0 Å². The lowest BCUT2D eigenvalue weighted by molar-refractivity contribution is -0.143. The van der Waals surface area contributed by atoms with Gasteiger partial charge in [0.25, 0.3) is 0 Å². The van der Waals surface area contributed by atoms with Crippen LogP contribution < -0.4 is 5.32 Å². The van der Waals surface area contributed by atoms with E-state index in [1.54, 1.807) is 0 Å². The minimum absolute atomic E-state index is 0.334. The predicted molar refractivity (Wildman–Crippen MR) is 63.4 cm³/mol. The zero-order chi connectivity index (χ0) is 12.8. The Morgan fingerprint density at radius 2 is 2.29 bits per heavy atom. The predicted octanol–water partition coefficient (Wildman–Crippen LogP) is 1.05. The number of carboxylic acids is 1. The van der Waals surface area contributed by atoms with Gasteiger partial charge < -0.3 is 15.3 Å². The van der Waals surface area contributed by atoms with E-state index in [4.69, 9.17) is 11.5 Å². The average molecular weight is 238 g/mol. The molecule has 2 unspecified atom stereocenters. The van der Waals surface area contributed by atoms with Crippen LogP contribution in [-0.2, 0) is 4.79 Å². The van der Waals surface area contributed by atoms with Crippen LogP contribution in [0.5, 0.6) is 0 Å². The maximum atomic E-state index is 11.9. The second-order valence-electron chi connectivity index (χ2n) is 4.12. The number of nitrogens with zero attached hydrogens (tertiary/aromatic N) is 1. The molecule has 0 aromatic heterocycles. The van der Waals surface area contributed by atoms with Crippen molar-refractivity contribution in [1.82, 2.24) is 10.2 Å². The summed E-state index contributed by atoms with van der Waals surface area (Å²) in [5, 5.41) is 11.7. The Hall–Kier alpha value is -1.70. The number of terminal acetylenes is 1. The van der Waals surface area contributed by atoms with Crippen LogP contribution in [0, 0.1) is 12.3 Å². The van der Waals surface area contributed by atoms with Gasteiger partial charge in [0.15, 0.2) is 0 Å². The van der Waals surface area contributed by atoms with Crippen LogP contribution in [0.1, 0.15) is 32.6 Å². The third-order valence-corrected chi connectivity index (χ3v) is 2.96. The van der Waals surface area contributed by atoms with Crippen LogP contribution in [0.25, 0.3) is 0 Å². The van der Waals surface area contributed by atoms with Gasteiger partial charge in [0.05, 0.1) is 6.04 Å². The Balaban J connectivity index is 2.65. The molecule has 0 aromatic rings.